The monoisotopic (exact) mass is 730 g/mol. The fourth-order valence-corrected chi connectivity index (χ4v) is 7.23. The van der Waals surface area contributed by atoms with Crippen LogP contribution in [-0.4, -0.2) is 80.8 Å². The Morgan fingerprint density at radius 2 is 1.75 bits per heavy atom. The number of guanidine groups is 1. The van der Waals surface area contributed by atoms with Crippen molar-refractivity contribution >= 4 is 34.1 Å². The summed E-state index contributed by atoms with van der Waals surface area (Å²) in [5.74, 6) is -0.0704. The maximum absolute atomic E-state index is 13.5. The normalized spacial score (nSPS) is 14.5. The largest absolute Gasteiger partial charge is 0.487 e. The van der Waals surface area contributed by atoms with Crippen LogP contribution in [0.4, 0.5) is 9.59 Å². The van der Waals surface area contributed by atoms with Gasteiger partial charge in [-0.1, -0.05) is 30.3 Å². The molecule has 1 unspecified atom stereocenters. The Bertz CT molecular complexity index is 1700. The van der Waals surface area contributed by atoms with E-state index in [-0.39, 0.29) is 49.9 Å². The van der Waals surface area contributed by atoms with Gasteiger partial charge in [-0.3, -0.25) is 9.79 Å². The van der Waals surface area contributed by atoms with E-state index in [9.17, 15) is 22.8 Å². The first-order valence-electron chi connectivity index (χ1n) is 17.1. The second-order valence-electron chi connectivity index (χ2n) is 14.2. The number of amides is 3. The number of nitrogens with one attached hydrogen (secondary N) is 3. The zero-order chi connectivity index (χ0) is 38.1. The van der Waals surface area contributed by atoms with Crippen LogP contribution >= 0.6 is 0 Å². The topological polar surface area (TPSA) is 191 Å². The van der Waals surface area contributed by atoms with Crippen molar-refractivity contribution in [1.29, 1.82) is 0 Å². The first-order chi connectivity index (χ1) is 23.7. The minimum atomic E-state index is -4.08. The SMILES string of the molecule is CCN(CCNC(=O)C(CCCN=C(N)NS(=O)(=O)c1c(C)c(C)c2c(c1C)CC(C)(C)O2)NC(=O)OC(C)(C)C)C(=O)OCc1ccccc1. The maximum Gasteiger partial charge on any atom is 0.410 e. The molecule has 0 saturated carbocycles. The van der Waals surface area contributed by atoms with Crippen LogP contribution in [0.3, 0.4) is 0 Å². The Labute approximate surface area is 301 Å². The molecule has 0 fully saturated rings. The van der Waals surface area contributed by atoms with Crippen molar-refractivity contribution in [1.82, 2.24) is 20.3 Å². The van der Waals surface area contributed by atoms with E-state index in [4.69, 9.17) is 19.9 Å². The average molecular weight is 731 g/mol. The van der Waals surface area contributed by atoms with Crippen molar-refractivity contribution < 1.29 is 37.0 Å². The molecule has 2 aromatic rings. The first kappa shape index (κ1) is 40.9. The van der Waals surface area contributed by atoms with Crippen LogP contribution in [0.5, 0.6) is 5.75 Å². The van der Waals surface area contributed by atoms with Crippen LogP contribution in [0.15, 0.2) is 40.2 Å². The number of sulfonamides is 1. The molecule has 0 aromatic heterocycles. The molecule has 3 rings (SSSR count). The molecule has 0 spiro atoms. The number of fused-ring (bicyclic) bond motifs is 1. The van der Waals surface area contributed by atoms with Gasteiger partial charge in [0.2, 0.25) is 11.9 Å². The lowest BCUT2D eigenvalue weighted by Crippen LogP contribution is -2.49. The zero-order valence-electron chi connectivity index (χ0n) is 31.3. The van der Waals surface area contributed by atoms with Gasteiger partial charge in [-0.25, -0.2) is 22.7 Å². The van der Waals surface area contributed by atoms with Gasteiger partial charge < -0.3 is 35.5 Å². The highest BCUT2D eigenvalue weighted by Gasteiger charge is 2.36. The second kappa shape index (κ2) is 17.1. The van der Waals surface area contributed by atoms with E-state index in [2.05, 4.69) is 20.3 Å². The van der Waals surface area contributed by atoms with Crippen molar-refractivity contribution in [2.45, 2.75) is 110 Å². The maximum atomic E-state index is 13.5. The molecular weight excluding hydrogens is 676 g/mol. The van der Waals surface area contributed by atoms with Crippen LogP contribution in [0, 0.1) is 20.8 Å². The Balaban J connectivity index is 1.61. The number of hydrogen-bond donors (Lipinski definition) is 4. The summed E-state index contributed by atoms with van der Waals surface area (Å²) in [5.41, 5.74) is 8.43. The minimum Gasteiger partial charge on any atom is -0.487 e. The van der Waals surface area contributed by atoms with E-state index in [1.54, 1.807) is 41.5 Å². The third-order valence-corrected chi connectivity index (χ3v) is 9.89. The van der Waals surface area contributed by atoms with Gasteiger partial charge in [-0.05, 0) is 97.4 Å². The van der Waals surface area contributed by atoms with Gasteiger partial charge in [-0.15, -0.1) is 0 Å². The number of alkyl carbamates (subject to hydrolysis) is 1. The molecule has 1 aliphatic heterocycles. The summed E-state index contributed by atoms with van der Waals surface area (Å²) < 4.78 is 46.3. The van der Waals surface area contributed by atoms with Crippen LogP contribution < -0.4 is 25.8 Å². The van der Waals surface area contributed by atoms with Gasteiger partial charge in [0.05, 0.1) is 4.90 Å². The number of likely N-dealkylation sites (N-methyl/N-ethyl adjacent to an activating group) is 1. The third-order valence-electron chi connectivity index (χ3n) is 8.27. The fourth-order valence-electron chi connectivity index (χ4n) is 5.71. The number of carbonyl (C=O) groups excluding carboxylic acids is 3. The molecule has 3 amide bonds. The van der Waals surface area contributed by atoms with Crippen LogP contribution in [-0.2, 0) is 37.3 Å². The molecule has 5 N–H and O–H groups in total. The number of nitrogens with two attached hydrogens (primary N) is 1. The molecular formula is C36H54N6O8S. The standard InChI is InChI=1S/C36H54N6O8S/c1-10-42(34(45)48-22-26-15-12-11-13-16-26)20-19-38-31(43)28(40-33(44)50-35(5,6)7)17-14-18-39-32(37)41-51(46,47)30-24(3)23(2)29-27(25(30)4)21-36(8,9)49-29/h11-13,15-16,28H,10,14,17-22H2,1-9H3,(H,38,43)(H,40,44)(H3,37,39,41). The predicted octanol–water partition coefficient (Wildman–Crippen LogP) is 4.37. The molecule has 1 heterocycles. The predicted molar refractivity (Wildman–Crippen MR) is 195 cm³/mol. The van der Waals surface area contributed by atoms with Crippen molar-refractivity contribution in [3.63, 3.8) is 0 Å². The summed E-state index contributed by atoms with van der Waals surface area (Å²) in [4.78, 5) is 44.2. The third kappa shape index (κ3) is 11.8. The fraction of sp³-hybridized carbons (Fsp3) is 0.556. The summed E-state index contributed by atoms with van der Waals surface area (Å²) in [6.45, 7) is 17.0. The van der Waals surface area contributed by atoms with E-state index in [0.29, 0.717) is 24.1 Å². The number of aliphatic imine (C=N–C) groups is 1. The number of ether oxygens (including phenoxy) is 3. The molecule has 2 aromatic carbocycles. The van der Waals surface area contributed by atoms with E-state index in [1.807, 2.05) is 51.1 Å². The zero-order valence-corrected chi connectivity index (χ0v) is 32.1. The second-order valence-corrected chi connectivity index (χ2v) is 15.8. The molecule has 0 radical (unpaired) electrons. The summed E-state index contributed by atoms with van der Waals surface area (Å²) >= 11 is 0. The minimum absolute atomic E-state index is 0.0637. The molecule has 0 bridgehead atoms. The lowest BCUT2D eigenvalue weighted by Gasteiger charge is -2.24. The summed E-state index contributed by atoms with van der Waals surface area (Å²) in [6.07, 6.45) is -0.303. The van der Waals surface area contributed by atoms with Gasteiger partial charge in [0, 0.05) is 38.2 Å². The summed E-state index contributed by atoms with van der Waals surface area (Å²) in [5, 5.41) is 5.36. The number of carbonyl (C=O) groups is 3. The van der Waals surface area contributed by atoms with Crippen molar-refractivity contribution in [2.75, 3.05) is 26.2 Å². The number of nitrogens with zero attached hydrogens (tertiary/aromatic N) is 2. The molecule has 0 aliphatic carbocycles. The van der Waals surface area contributed by atoms with Gasteiger partial charge in [0.1, 0.15) is 29.6 Å². The molecule has 282 valence electrons. The average Bonchev–Trinajstić information content (AvgIpc) is 3.37. The highest BCUT2D eigenvalue weighted by Crippen LogP contribution is 2.43. The number of hydrogen-bond acceptors (Lipinski definition) is 9. The Morgan fingerprint density at radius 3 is 2.37 bits per heavy atom. The smallest absolute Gasteiger partial charge is 0.410 e. The van der Waals surface area contributed by atoms with E-state index in [0.717, 1.165) is 22.4 Å². The highest BCUT2D eigenvalue weighted by atomic mass is 32.2. The number of benzene rings is 2. The molecule has 1 atom stereocenters. The molecule has 0 saturated heterocycles. The summed E-state index contributed by atoms with van der Waals surface area (Å²) in [7, 11) is -4.08. The van der Waals surface area contributed by atoms with Gasteiger partial charge in [0.25, 0.3) is 10.0 Å². The lowest BCUT2D eigenvalue weighted by molar-refractivity contribution is -0.123. The molecule has 14 nitrogen and oxygen atoms in total. The van der Waals surface area contributed by atoms with E-state index >= 15 is 0 Å². The quantitative estimate of drug-likeness (QED) is 0.124. The van der Waals surface area contributed by atoms with Crippen molar-refractivity contribution in [3.05, 3.63) is 58.1 Å². The van der Waals surface area contributed by atoms with Crippen LogP contribution in [0.2, 0.25) is 0 Å². The molecule has 1 aliphatic rings. The first-order valence-corrected chi connectivity index (χ1v) is 18.6. The van der Waals surface area contributed by atoms with Gasteiger partial charge >= 0.3 is 12.2 Å². The number of rotatable bonds is 14. The van der Waals surface area contributed by atoms with E-state index in [1.165, 1.54) is 4.90 Å². The lowest BCUT2D eigenvalue weighted by atomic mass is 9.94. The highest BCUT2D eigenvalue weighted by molar-refractivity contribution is 7.90. The van der Waals surface area contributed by atoms with Crippen LogP contribution in [0.1, 0.15) is 82.2 Å². The summed E-state index contributed by atoms with van der Waals surface area (Å²) in [6, 6.07) is 8.30. The van der Waals surface area contributed by atoms with E-state index < -0.39 is 45.4 Å². The van der Waals surface area contributed by atoms with Crippen molar-refractivity contribution in [2.24, 2.45) is 10.7 Å². The van der Waals surface area contributed by atoms with Crippen LogP contribution in [0.25, 0.3) is 0 Å². The Morgan fingerprint density at radius 1 is 1.08 bits per heavy atom. The van der Waals surface area contributed by atoms with Gasteiger partial charge in [0.15, 0.2) is 0 Å². The van der Waals surface area contributed by atoms with Crippen molar-refractivity contribution in [3.8, 4) is 5.75 Å². The molecule has 51 heavy (non-hydrogen) atoms. The van der Waals surface area contributed by atoms with Gasteiger partial charge in [-0.2, -0.15) is 0 Å². The Kier molecular flexibility index (Phi) is 13.7. The Hall–Kier alpha value is -4.53. The molecule has 15 heteroatoms.